The smallest absolute Gasteiger partial charge is 0.337 e. The van der Waals surface area contributed by atoms with E-state index >= 15 is 0 Å². The second-order valence-corrected chi connectivity index (χ2v) is 6.38. The molecule has 2 heterocycles. The van der Waals surface area contributed by atoms with Gasteiger partial charge >= 0.3 is 5.97 Å². The van der Waals surface area contributed by atoms with Crippen LogP contribution in [0.2, 0.25) is 0 Å². The van der Waals surface area contributed by atoms with Crippen molar-refractivity contribution in [2.45, 2.75) is 12.5 Å². The van der Waals surface area contributed by atoms with Crippen molar-refractivity contribution in [3.05, 3.63) is 54.2 Å². The first-order valence-corrected chi connectivity index (χ1v) is 8.40. The van der Waals surface area contributed by atoms with Crippen LogP contribution in [0.5, 0.6) is 5.88 Å². The lowest BCUT2D eigenvalue weighted by atomic mass is 10.0. The Kier molecular flexibility index (Phi) is 3.93. The quantitative estimate of drug-likeness (QED) is 0.720. The number of methoxy groups -OCH3 is 1. The largest absolute Gasteiger partial charge is 0.494 e. The number of fused-ring (bicyclic) bond motifs is 1. The van der Waals surface area contributed by atoms with Gasteiger partial charge in [0.25, 0.3) is 0 Å². The molecule has 0 saturated carbocycles. The van der Waals surface area contributed by atoms with E-state index < -0.39 is 0 Å². The Bertz CT molecular complexity index is 922. The molecule has 4 rings (SSSR count). The predicted molar refractivity (Wildman–Crippen MR) is 96.9 cm³/mol. The van der Waals surface area contributed by atoms with E-state index in [9.17, 15) is 9.90 Å². The number of rotatable bonds is 3. The molecule has 0 spiro atoms. The number of aromatic hydroxyl groups is 1. The molecule has 5 heteroatoms. The highest BCUT2D eigenvalue weighted by atomic mass is 16.5. The Labute approximate surface area is 145 Å². The highest BCUT2D eigenvalue weighted by molar-refractivity contribution is 5.93. The van der Waals surface area contributed by atoms with E-state index in [2.05, 4.69) is 11.4 Å². The predicted octanol–water partition coefficient (Wildman–Crippen LogP) is 3.33. The maximum Gasteiger partial charge on any atom is 0.337 e. The molecule has 0 amide bonds. The molecular formula is C20H20N2O3. The number of aromatic nitrogens is 1. The standard InChI is InChI=1S/C20H20N2O3/c1-25-20(24)14-4-2-13(3-5-14)15-6-7-18-16(10-15)12-22(19(18)23)17-8-9-21-11-17/h2-7,10,12,17,21,23H,8-9,11H2,1H3/t17-/m1/s1. The van der Waals surface area contributed by atoms with Crippen LogP contribution in [-0.2, 0) is 4.74 Å². The van der Waals surface area contributed by atoms with Gasteiger partial charge in [-0.05, 0) is 48.4 Å². The molecule has 2 aromatic carbocycles. The summed E-state index contributed by atoms with van der Waals surface area (Å²) in [6.07, 6.45) is 3.05. The van der Waals surface area contributed by atoms with Gasteiger partial charge in [-0.15, -0.1) is 0 Å². The minimum atomic E-state index is -0.339. The van der Waals surface area contributed by atoms with Crippen LogP contribution in [0.15, 0.2) is 48.7 Å². The van der Waals surface area contributed by atoms with E-state index in [0.717, 1.165) is 41.4 Å². The summed E-state index contributed by atoms with van der Waals surface area (Å²) in [4.78, 5) is 11.5. The second-order valence-electron chi connectivity index (χ2n) is 6.38. The van der Waals surface area contributed by atoms with Gasteiger partial charge in [0.1, 0.15) is 0 Å². The summed E-state index contributed by atoms with van der Waals surface area (Å²) >= 11 is 0. The third kappa shape index (κ3) is 2.76. The highest BCUT2D eigenvalue weighted by Gasteiger charge is 2.20. The molecule has 0 radical (unpaired) electrons. The van der Waals surface area contributed by atoms with Crippen molar-refractivity contribution < 1.29 is 14.6 Å². The van der Waals surface area contributed by atoms with Crippen LogP contribution >= 0.6 is 0 Å². The van der Waals surface area contributed by atoms with E-state index in [1.54, 1.807) is 12.1 Å². The normalized spacial score (nSPS) is 17.1. The van der Waals surface area contributed by atoms with Gasteiger partial charge in [-0.3, -0.25) is 0 Å². The molecule has 0 bridgehead atoms. The number of nitrogens with zero attached hydrogens (tertiary/aromatic N) is 1. The summed E-state index contributed by atoms with van der Waals surface area (Å²) in [5.74, 6) is -0.00883. The van der Waals surface area contributed by atoms with Gasteiger partial charge in [-0.25, -0.2) is 4.79 Å². The first-order chi connectivity index (χ1) is 12.2. The molecule has 25 heavy (non-hydrogen) atoms. The lowest BCUT2D eigenvalue weighted by Gasteiger charge is -2.11. The third-order valence-electron chi connectivity index (χ3n) is 4.88. The minimum absolute atomic E-state index is 0.301. The van der Waals surface area contributed by atoms with E-state index in [-0.39, 0.29) is 5.97 Å². The van der Waals surface area contributed by atoms with Crippen LogP contribution in [0.1, 0.15) is 22.8 Å². The molecular weight excluding hydrogens is 316 g/mol. The number of ether oxygens (including phenoxy) is 1. The van der Waals surface area contributed by atoms with Gasteiger partial charge in [0.2, 0.25) is 0 Å². The van der Waals surface area contributed by atoms with Crippen LogP contribution < -0.4 is 5.32 Å². The number of esters is 1. The molecule has 1 atom stereocenters. The van der Waals surface area contributed by atoms with Crippen molar-refractivity contribution in [1.82, 2.24) is 9.88 Å². The average molecular weight is 336 g/mol. The maximum atomic E-state index is 11.5. The minimum Gasteiger partial charge on any atom is -0.494 e. The Morgan fingerprint density at radius 2 is 1.96 bits per heavy atom. The summed E-state index contributed by atoms with van der Waals surface area (Å²) in [6, 6.07) is 13.7. The molecule has 0 unspecified atom stereocenters. The molecule has 0 aliphatic carbocycles. The zero-order chi connectivity index (χ0) is 17.4. The summed E-state index contributed by atoms with van der Waals surface area (Å²) in [6.45, 7) is 1.87. The lowest BCUT2D eigenvalue weighted by Crippen LogP contribution is -2.12. The number of nitrogens with one attached hydrogen (secondary N) is 1. The maximum absolute atomic E-state index is 11.5. The highest BCUT2D eigenvalue weighted by Crippen LogP contribution is 2.34. The van der Waals surface area contributed by atoms with Crippen LogP contribution in [-0.4, -0.2) is 35.8 Å². The number of hydrogen-bond donors (Lipinski definition) is 2. The summed E-state index contributed by atoms with van der Waals surface area (Å²) < 4.78 is 6.70. The van der Waals surface area contributed by atoms with Gasteiger partial charge in [0, 0.05) is 23.5 Å². The van der Waals surface area contributed by atoms with Crippen LogP contribution in [0.4, 0.5) is 0 Å². The number of benzene rings is 2. The molecule has 1 aliphatic rings. The van der Waals surface area contributed by atoms with Crippen LogP contribution in [0.3, 0.4) is 0 Å². The number of hydrogen-bond acceptors (Lipinski definition) is 4. The Morgan fingerprint density at radius 1 is 1.20 bits per heavy atom. The Balaban J connectivity index is 1.70. The Hall–Kier alpha value is -2.79. The second kappa shape index (κ2) is 6.26. The first-order valence-electron chi connectivity index (χ1n) is 8.40. The molecule has 1 aliphatic heterocycles. The number of carbonyl (C=O) groups excluding carboxylic acids is 1. The van der Waals surface area contributed by atoms with Crippen molar-refractivity contribution in [2.24, 2.45) is 0 Å². The van der Waals surface area contributed by atoms with Gasteiger partial charge in [-0.1, -0.05) is 18.2 Å². The van der Waals surface area contributed by atoms with Crippen LogP contribution in [0.25, 0.3) is 21.9 Å². The van der Waals surface area contributed by atoms with Crippen molar-refractivity contribution in [2.75, 3.05) is 20.2 Å². The molecule has 5 nitrogen and oxygen atoms in total. The zero-order valence-corrected chi connectivity index (χ0v) is 14.0. The fourth-order valence-corrected chi connectivity index (χ4v) is 3.47. The van der Waals surface area contributed by atoms with Gasteiger partial charge in [-0.2, -0.15) is 0 Å². The summed E-state index contributed by atoms with van der Waals surface area (Å²) in [5.41, 5.74) is 2.60. The van der Waals surface area contributed by atoms with Crippen molar-refractivity contribution in [3.8, 4) is 17.0 Å². The molecule has 3 aromatic rings. The molecule has 1 fully saturated rings. The van der Waals surface area contributed by atoms with Gasteiger partial charge in [0.05, 0.1) is 18.7 Å². The van der Waals surface area contributed by atoms with Gasteiger partial charge < -0.3 is 19.7 Å². The summed E-state index contributed by atoms with van der Waals surface area (Å²) in [5, 5.41) is 15.7. The Morgan fingerprint density at radius 3 is 2.64 bits per heavy atom. The first kappa shape index (κ1) is 15.7. The van der Waals surface area contributed by atoms with Crippen molar-refractivity contribution in [3.63, 3.8) is 0 Å². The van der Waals surface area contributed by atoms with E-state index in [1.807, 2.05) is 35.0 Å². The fraction of sp³-hybridized carbons (Fsp3) is 0.250. The molecule has 1 saturated heterocycles. The molecule has 1 aromatic heterocycles. The fourth-order valence-electron chi connectivity index (χ4n) is 3.47. The van der Waals surface area contributed by atoms with Gasteiger partial charge in [0.15, 0.2) is 5.88 Å². The number of carbonyl (C=O) groups is 1. The topological polar surface area (TPSA) is 63.5 Å². The SMILES string of the molecule is COC(=O)c1ccc(-c2ccc3c(O)n([C@@H]4CCNC4)cc3c2)cc1. The third-order valence-corrected chi connectivity index (χ3v) is 4.88. The van der Waals surface area contributed by atoms with Crippen LogP contribution in [0, 0.1) is 0 Å². The van der Waals surface area contributed by atoms with Crippen molar-refractivity contribution in [1.29, 1.82) is 0 Å². The summed E-state index contributed by atoms with van der Waals surface area (Å²) in [7, 11) is 1.38. The zero-order valence-electron chi connectivity index (χ0n) is 14.0. The van der Waals surface area contributed by atoms with E-state index in [1.165, 1.54) is 7.11 Å². The van der Waals surface area contributed by atoms with E-state index in [0.29, 0.717) is 17.5 Å². The monoisotopic (exact) mass is 336 g/mol. The molecule has 128 valence electrons. The lowest BCUT2D eigenvalue weighted by molar-refractivity contribution is 0.0601. The van der Waals surface area contributed by atoms with Crippen molar-refractivity contribution >= 4 is 16.7 Å². The average Bonchev–Trinajstić information content (AvgIpc) is 3.29. The van der Waals surface area contributed by atoms with E-state index in [4.69, 9.17) is 4.74 Å². The molecule has 2 N–H and O–H groups in total.